The molecule has 1 aromatic heterocycles. The van der Waals surface area contributed by atoms with Crippen LogP contribution in [-0.4, -0.2) is 36.1 Å². The van der Waals surface area contributed by atoms with Crippen LogP contribution in [0.3, 0.4) is 0 Å². The van der Waals surface area contributed by atoms with Gasteiger partial charge in [0, 0.05) is 6.07 Å². The molecular weight excluding hydrogens is 214 g/mol. The maximum atomic E-state index is 5.21. The fraction of sp³-hybridized carbons (Fsp3) is 0.462. The number of hydrogen-bond acceptors (Lipinski definition) is 3. The third kappa shape index (κ3) is 2.26. The molecule has 1 unspecified atom stereocenters. The monoisotopic (exact) mass is 233 g/mol. The van der Waals surface area contributed by atoms with Gasteiger partial charge in [-0.3, -0.25) is 4.90 Å². The maximum absolute atomic E-state index is 5.21. The lowest BCUT2D eigenvalue weighted by atomic mass is 10.2. The largest absolute Gasteiger partial charge is 0.497 e. The zero-order valence-corrected chi connectivity index (χ0v) is 10.8. The van der Waals surface area contributed by atoms with Crippen molar-refractivity contribution in [2.45, 2.75) is 19.4 Å². The Morgan fingerprint density at radius 1 is 1.41 bits per heavy atom. The number of aromatic nitrogens is 2. The van der Waals surface area contributed by atoms with Crippen LogP contribution in [0.25, 0.3) is 11.0 Å². The molecule has 0 saturated heterocycles. The zero-order chi connectivity index (χ0) is 12.4. The van der Waals surface area contributed by atoms with Crippen molar-refractivity contribution in [2.24, 2.45) is 0 Å². The van der Waals surface area contributed by atoms with E-state index in [1.807, 2.05) is 18.2 Å². The van der Waals surface area contributed by atoms with Gasteiger partial charge < -0.3 is 9.72 Å². The molecule has 0 aliphatic rings. The van der Waals surface area contributed by atoms with Crippen LogP contribution in [0.4, 0.5) is 0 Å². The number of rotatable bonds is 4. The first-order chi connectivity index (χ1) is 8.15. The molecular formula is C13H19N3O. The van der Waals surface area contributed by atoms with Gasteiger partial charge in [-0.2, -0.15) is 0 Å². The number of hydrogen-bond donors (Lipinski definition) is 1. The van der Waals surface area contributed by atoms with Crippen molar-refractivity contribution in [3.63, 3.8) is 0 Å². The molecule has 4 heteroatoms. The van der Waals surface area contributed by atoms with E-state index in [1.165, 1.54) is 0 Å². The van der Waals surface area contributed by atoms with Gasteiger partial charge in [-0.05, 0) is 32.6 Å². The molecule has 0 saturated carbocycles. The van der Waals surface area contributed by atoms with Gasteiger partial charge in [0.25, 0.3) is 0 Å². The van der Waals surface area contributed by atoms with Crippen molar-refractivity contribution in [1.29, 1.82) is 0 Å². The Labute approximate surface area is 102 Å². The molecule has 0 spiro atoms. The van der Waals surface area contributed by atoms with E-state index < -0.39 is 0 Å². The molecule has 0 aliphatic carbocycles. The summed E-state index contributed by atoms with van der Waals surface area (Å²) in [4.78, 5) is 10.2. The lowest BCUT2D eigenvalue weighted by molar-refractivity contribution is 0.282. The number of aromatic amines is 1. The molecule has 1 atom stereocenters. The van der Waals surface area contributed by atoms with Crippen LogP contribution < -0.4 is 4.74 Å². The summed E-state index contributed by atoms with van der Waals surface area (Å²) in [7, 11) is 5.82. The molecule has 0 aliphatic heterocycles. The van der Waals surface area contributed by atoms with Crippen LogP contribution in [0.15, 0.2) is 18.2 Å². The molecule has 1 aromatic carbocycles. The number of H-pyrrole nitrogens is 1. The van der Waals surface area contributed by atoms with E-state index in [-0.39, 0.29) is 0 Å². The number of ether oxygens (including phenoxy) is 1. The average Bonchev–Trinajstić information content (AvgIpc) is 2.71. The second-order valence-electron chi connectivity index (χ2n) is 4.39. The molecule has 0 amide bonds. The van der Waals surface area contributed by atoms with Gasteiger partial charge in [-0.25, -0.2) is 4.98 Å². The van der Waals surface area contributed by atoms with E-state index in [2.05, 4.69) is 35.9 Å². The first-order valence-corrected chi connectivity index (χ1v) is 5.85. The second kappa shape index (κ2) is 4.75. The first kappa shape index (κ1) is 11.9. The van der Waals surface area contributed by atoms with Gasteiger partial charge in [0.05, 0.1) is 24.2 Å². The Hall–Kier alpha value is -1.55. The van der Waals surface area contributed by atoms with Crippen LogP contribution in [-0.2, 0) is 0 Å². The third-order valence-corrected chi connectivity index (χ3v) is 3.03. The SMILES string of the molecule is CCC(c1nc2ccc(OC)cc2[nH]1)N(C)C. The summed E-state index contributed by atoms with van der Waals surface area (Å²) in [6, 6.07) is 6.22. The van der Waals surface area contributed by atoms with E-state index in [1.54, 1.807) is 7.11 Å². The smallest absolute Gasteiger partial charge is 0.124 e. The molecule has 92 valence electrons. The number of fused-ring (bicyclic) bond motifs is 1. The average molecular weight is 233 g/mol. The Bertz CT molecular complexity index is 504. The van der Waals surface area contributed by atoms with E-state index >= 15 is 0 Å². The van der Waals surface area contributed by atoms with E-state index in [4.69, 9.17) is 4.74 Å². The summed E-state index contributed by atoms with van der Waals surface area (Å²) >= 11 is 0. The van der Waals surface area contributed by atoms with Crippen molar-refractivity contribution >= 4 is 11.0 Å². The van der Waals surface area contributed by atoms with Gasteiger partial charge in [0.2, 0.25) is 0 Å². The maximum Gasteiger partial charge on any atom is 0.124 e. The van der Waals surface area contributed by atoms with Crippen LogP contribution in [0.1, 0.15) is 25.2 Å². The van der Waals surface area contributed by atoms with Gasteiger partial charge in [0.1, 0.15) is 11.6 Å². The predicted molar refractivity (Wildman–Crippen MR) is 69.4 cm³/mol. The number of imidazole rings is 1. The number of nitrogens with zero attached hydrogens (tertiary/aromatic N) is 2. The molecule has 17 heavy (non-hydrogen) atoms. The van der Waals surface area contributed by atoms with Crippen LogP contribution in [0.5, 0.6) is 5.75 Å². The molecule has 0 radical (unpaired) electrons. The molecule has 2 rings (SSSR count). The highest BCUT2D eigenvalue weighted by Gasteiger charge is 2.15. The van der Waals surface area contributed by atoms with Gasteiger partial charge >= 0.3 is 0 Å². The number of benzene rings is 1. The van der Waals surface area contributed by atoms with Crippen molar-refractivity contribution in [3.05, 3.63) is 24.0 Å². The van der Waals surface area contributed by atoms with Crippen LogP contribution >= 0.6 is 0 Å². The molecule has 1 heterocycles. The predicted octanol–water partition coefficient (Wildman–Crippen LogP) is 2.58. The minimum atomic E-state index is 0.327. The number of nitrogens with one attached hydrogen (secondary N) is 1. The summed E-state index contributed by atoms with van der Waals surface area (Å²) in [5, 5.41) is 0. The van der Waals surface area contributed by atoms with Crippen molar-refractivity contribution in [2.75, 3.05) is 21.2 Å². The van der Waals surface area contributed by atoms with E-state index in [9.17, 15) is 0 Å². The van der Waals surface area contributed by atoms with Crippen molar-refractivity contribution < 1.29 is 4.74 Å². The van der Waals surface area contributed by atoms with Crippen molar-refractivity contribution in [3.8, 4) is 5.75 Å². The van der Waals surface area contributed by atoms with Gasteiger partial charge in [0.15, 0.2) is 0 Å². The fourth-order valence-corrected chi connectivity index (χ4v) is 2.10. The Morgan fingerprint density at radius 3 is 2.76 bits per heavy atom. The molecule has 0 fully saturated rings. The van der Waals surface area contributed by atoms with E-state index in [0.29, 0.717) is 6.04 Å². The highest BCUT2D eigenvalue weighted by molar-refractivity contribution is 5.76. The highest BCUT2D eigenvalue weighted by atomic mass is 16.5. The standard InChI is InChI=1S/C13H19N3O/c1-5-12(16(2)3)13-14-10-7-6-9(17-4)8-11(10)15-13/h6-8,12H,5H2,1-4H3,(H,14,15). The summed E-state index contributed by atoms with van der Waals surface area (Å²) in [5.74, 6) is 1.87. The Morgan fingerprint density at radius 2 is 2.18 bits per heavy atom. The topological polar surface area (TPSA) is 41.1 Å². The summed E-state index contributed by atoms with van der Waals surface area (Å²) < 4.78 is 5.21. The van der Waals surface area contributed by atoms with Gasteiger partial charge in [-0.15, -0.1) is 0 Å². The lowest BCUT2D eigenvalue weighted by Gasteiger charge is -2.20. The molecule has 2 aromatic rings. The minimum Gasteiger partial charge on any atom is -0.497 e. The summed E-state index contributed by atoms with van der Waals surface area (Å²) in [6.07, 6.45) is 1.03. The first-order valence-electron chi connectivity index (χ1n) is 5.85. The van der Waals surface area contributed by atoms with Crippen LogP contribution in [0, 0.1) is 0 Å². The molecule has 0 bridgehead atoms. The lowest BCUT2D eigenvalue weighted by Crippen LogP contribution is -2.20. The second-order valence-corrected chi connectivity index (χ2v) is 4.39. The molecule has 1 N–H and O–H groups in total. The molecule has 4 nitrogen and oxygen atoms in total. The summed E-state index contributed by atoms with van der Waals surface area (Å²) in [6.45, 7) is 2.17. The Balaban J connectivity index is 2.43. The fourth-order valence-electron chi connectivity index (χ4n) is 2.10. The quantitative estimate of drug-likeness (QED) is 0.882. The Kier molecular flexibility index (Phi) is 3.33. The zero-order valence-electron chi connectivity index (χ0n) is 10.8. The normalized spacial score (nSPS) is 13.2. The minimum absolute atomic E-state index is 0.327. The van der Waals surface area contributed by atoms with Gasteiger partial charge in [-0.1, -0.05) is 6.92 Å². The highest BCUT2D eigenvalue weighted by Crippen LogP contribution is 2.24. The van der Waals surface area contributed by atoms with Crippen LogP contribution in [0.2, 0.25) is 0 Å². The summed E-state index contributed by atoms with van der Waals surface area (Å²) in [5.41, 5.74) is 2.01. The van der Waals surface area contributed by atoms with Crippen molar-refractivity contribution in [1.82, 2.24) is 14.9 Å². The third-order valence-electron chi connectivity index (χ3n) is 3.03. The van der Waals surface area contributed by atoms with E-state index in [0.717, 1.165) is 29.0 Å². The number of methoxy groups -OCH3 is 1.